The molecule has 0 radical (unpaired) electrons. The van der Waals surface area contributed by atoms with Crippen molar-refractivity contribution < 1.29 is 18.3 Å². The summed E-state index contributed by atoms with van der Waals surface area (Å²) >= 11 is 1.85. The molecule has 0 spiro atoms. The van der Waals surface area contributed by atoms with Gasteiger partial charge in [0.2, 0.25) is 0 Å². The Morgan fingerprint density at radius 1 is 1.17 bits per heavy atom. The number of alkyl halides is 3. The van der Waals surface area contributed by atoms with Gasteiger partial charge in [0.15, 0.2) is 6.10 Å². The lowest BCUT2D eigenvalue weighted by molar-refractivity contribution is -0.222. The Hall–Kier alpha value is -0.950. The first kappa shape index (κ1) is 16.5. The molecule has 2 saturated carbocycles. The van der Waals surface area contributed by atoms with Gasteiger partial charge < -0.3 is 10.0 Å². The highest BCUT2D eigenvalue weighted by Gasteiger charge is 2.48. The molecule has 1 aliphatic heterocycles. The van der Waals surface area contributed by atoms with E-state index in [0.29, 0.717) is 37.0 Å². The minimum absolute atomic E-state index is 0.232. The minimum Gasteiger partial charge on any atom is -0.383 e. The van der Waals surface area contributed by atoms with Gasteiger partial charge in [-0.25, -0.2) is 4.98 Å². The summed E-state index contributed by atoms with van der Waals surface area (Å²) < 4.78 is 38.2. The summed E-state index contributed by atoms with van der Waals surface area (Å²) in [5.41, 5.74) is 0. The van der Waals surface area contributed by atoms with E-state index in [-0.39, 0.29) is 6.04 Å². The van der Waals surface area contributed by atoms with Crippen LogP contribution in [0, 0.1) is 11.8 Å². The van der Waals surface area contributed by atoms with Crippen molar-refractivity contribution in [3.8, 4) is 0 Å². The lowest BCUT2D eigenvalue weighted by atomic mass is 9.81. The summed E-state index contributed by atoms with van der Waals surface area (Å²) in [4.78, 5) is 8.10. The zero-order valence-corrected chi connectivity index (χ0v) is 14.1. The number of nitrogens with zero attached hydrogens (tertiary/aromatic N) is 2. The molecule has 0 saturated heterocycles. The van der Waals surface area contributed by atoms with Crippen molar-refractivity contribution in [1.82, 2.24) is 4.98 Å². The van der Waals surface area contributed by atoms with Crippen LogP contribution in [0.1, 0.15) is 38.5 Å². The second-order valence-corrected chi connectivity index (χ2v) is 8.29. The van der Waals surface area contributed by atoms with Crippen LogP contribution in [0.2, 0.25) is 0 Å². The van der Waals surface area contributed by atoms with Crippen LogP contribution in [-0.2, 0) is 0 Å². The summed E-state index contributed by atoms with van der Waals surface area (Å²) in [6.07, 6.45) is -0.218. The number of rotatable bonds is 3. The van der Waals surface area contributed by atoms with Crippen LogP contribution >= 0.6 is 11.8 Å². The van der Waals surface area contributed by atoms with Crippen LogP contribution in [0.3, 0.4) is 0 Å². The van der Waals surface area contributed by atoms with Crippen LogP contribution < -0.4 is 4.90 Å². The summed E-state index contributed by atoms with van der Waals surface area (Å²) in [5.74, 6) is 1.00. The number of pyridine rings is 1. The second kappa shape index (κ2) is 6.09. The molecule has 1 aromatic heterocycles. The highest BCUT2D eigenvalue weighted by Crippen LogP contribution is 2.53. The second-order valence-electron chi connectivity index (χ2n) is 7.13. The molecule has 132 valence electrons. The minimum atomic E-state index is -4.51. The molecule has 2 fully saturated rings. The van der Waals surface area contributed by atoms with Crippen LogP contribution in [0.25, 0.3) is 0 Å². The Bertz CT molecular complexity index is 600. The first-order valence-electron chi connectivity index (χ1n) is 8.60. The van der Waals surface area contributed by atoms with Crippen molar-refractivity contribution in [2.75, 3.05) is 4.90 Å². The first-order valence-corrected chi connectivity index (χ1v) is 9.48. The van der Waals surface area contributed by atoms with Crippen molar-refractivity contribution in [2.45, 2.75) is 67.1 Å². The smallest absolute Gasteiger partial charge is 0.383 e. The molecule has 2 heterocycles. The van der Waals surface area contributed by atoms with Gasteiger partial charge in [0.05, 0.1) is 10.3 Å². The fourth-order valence-electron chi connectivity index (χ4n) is 4.02. The van der Waals surface area contributed by atoms with Gasteiger partial charge >= 0.3 is 6.18 Å². The molecule has 4 rings (SSSR count). The molecule has 1 aromatic rings. The third-order valence-electron chi connectivity index (χ3n) is 5.46. The maximum Gasteiger partial charge on any atom is 0.414 e. The third-order valence-corrected chi connectivity index (χ3v) is 6.89. The van der Waals surface area contributed by atoms with E-state index in [1.165, 1.54) is 17.7 Å². The van der Waals surface area contributed by atoms with Gasteiger partial charge in [-0.15, -0.1) is 0 Å². The van der Waals surface area contributed by atoms with E-state index < -0.39 is 18.2 Å². The van der Waals surface area contributed by atoms with Crippen LogP contribution in [0.15, 0.2) is 23.2 Å². The predicted octanol–water partition coefficient (Wildman–Crippen LogP) is 4.21. The molecular weight excluding hydrogens is 337 g/mol. The van der Waals surface area contributed by atoms with Crippen LogP contribution in [0.5, 0.6) is 0 Å². The van der Waals surface area contributed by atoms with Crippen LogP contribution in [0.4, 0.5) is 19.0 Å². The quantitative estimate of drug-likeness (QED) is 0.878. The van der Waals surface area contributed by atoms with Crippen molar-refractivity contribution in [3.63, 3.8) is 0 Å². The monoisotopic (exact) mass is 358 g/mol. The van der Waals surface area contributed by atoms with E-state index in [4.69, 9.17) is 0 Å². The maximum absolute atomic E-state index is 12.7. The number of anilines is 1. The van der Waals surface area contributed by atoms with Gasteiger partial charge in [0.1, 0.15) is 5.82 Å². The highest BCUT2D eigenvalue weighted by atomic mass is 32.2. The lowest BCUT2D eigenvalue weighted by Crippen LogP contribution is -2.45. The number of hydrogen-bond donors (Lipinski definition) is 1. The maximum atomic E-state index is 12.7. The van der Waals surface area contributed by atoms with Crippen LogP contribution in [-0.4, -0.2) is 33.8 Å². The first-order chi connectivity index (χ1) is 11.4. The number of aliphatic hydroxyl groups excluding tert-OH is 1. The SMILES string of the molecule is OC(C1CCC(N2c3ncccc3SC2C2CC2)CC1)C(F)(F)F. The van der Waals surface area contributed by atoms with Gasteiger partial charge in [-0.3, -0.25) is 0 Å². The summed E-state index contributed by atoms with van der Waals surface area (Å²) in [7, 11) is 0. The molecule has 2 aliphatic carbocycles. The predicted molar refractivity (Wildman–Crippen MR) is 86.9 cm³/mol. The molecular formula is C17H21F3N2OS. The Morgan fingerprint density at radius 3 is 2.50 bits per heavy atom. The van der Waals surface area contributed by atoms with E-state index in [1.807, 2.05) is 17.8 Å². The number of fused-ring (bicyclic) bond motifs is 1. The van der Waals surface area contributed by atoms with Crippen molar-refractivity contribution in [1.29, 1.82) is 0 Å². The zero-order valence-electron chi connectivity index (χ0n) is 13.2. The topological polar surface area (TPSA) is 36.4 Å². The summed E-state index contributed by atoms with van der Waals surface area (Å²) in [6, 6.07) is 4.26. The molecule has 3 aliphatic rings. The molecule has 0 bridgehead atoms. The molecule has 24 heavy (non-hydrogen) atoms. The molecule has 2 unspecified atom stereocenters. The zero-order chi connectivity index (χ0) is 16.9. The molecule has 3 nitrogen and oxygen atoms in total. The highest BCUT2D eigenvalue weighted by molar-refractivity contribution is 8.00. The Morgan fingerprint density at radius 2 is 1.88 bits per heavy atom. The molecule has 0 aromatic carbocycles. The number of thioether (sulfide) groups is 1. The average Bonchev–Trinajstić information content (AvgIpc) is 3.34. The average molecular weight is 358 g/mol. The normalized spacial score (nSPS) is 31.8. The van der Waals surface area contributed by atoms with Crippen molar-refractivity contribution in [3.05, 3.63) is 18.3 Å². The van der Waals surface area contributed by atoms with Crippen molar-refractivity contribution in [2.24, 2.45) is 11.8 Å². The van der Waals surface area contributed by atoms with E-state index in [0.717, 1.165) is 5.82 Å². The van der Waals surface area contributed by atoms with Gasteiger partial charge in [-0.05, 0) is 62.5 Å². The molecule has 1 N–H and O–H groups in total. The van der Waals surface area contributed by atoms with Gasteiger partial charge in [0, 0.05) is 12.2 Å². The van der Waals surface area contributed by atoms with Crippen molar-refractivity contribution >= 4 is 17.6 Å². The van der Waals surface area contributed by atoms with E-state index in [9.17, 15) is 18.3 Å². The largest absolute Gasteiger partial charge is 0.414 e. The third kappa shape index (κ3) is 3.01. The summed E-state index contributed by atoms with van der Waals surface area (Å²) in [5, 5.41) is 9.89. The fraction of sp³-hybridized carbons (Fsp3) is 0.706. The van der Waals surface area contributed by atoms with Gasteiger partial charge in [0.25, 0.3) is 0 Å². The lowest BCUT2D eigenvalue weighted by Gasteiger charge is -2.40. The Balaban J connectivity index is 1.48. The van der Waals surface area contributed by atoms with E-state index in [1.54, 1.807) is 6.20 Å². The number of hydrogen-bond acceptors (Lipinski definition) is 4. The molecule has 0 amide bonds. The van der Waals surface area contributed by atoms with E-state index in [2.05, 4.69) is 16.0 Å². The van der Waals surface area contributed by atoms with Gasteiger partial charge in [-0.1, -0.05) is 11.8 Å². The fourth-order valence-corrected chi connectivity index (χ4v) is 5.55. The molecule has 7 heteroatoms. The Labute approximate surface area is 143 Å². The standard InChI is InChI=1S/C17H21F3N2OS/c18-17(19,20)14(23)10-5-7-12(8-6-10)22-15-13(2-1-9-21-15)24-16(22)11-3-4-11/h1-2,9-12,14,16,23H,3-8H2. The molecule has 2 atom stereocenters. The summed E-state index contributed by atoms with van der Waals surface area (Å²) in [6.45, 7) is 0. The van der Waals surface area contributed by atoms with Gasteiger partial charge in [-0.2, -0.15) is 13.2 Å². The number of aliphatic hydroxyl groups is 1. The Kier molecular flexibility index (Phi) is 4.19. The number of aromatic nitrogens is 1. The number of halogens is 3. The van der Waals surface area contributed by atoms with E-state index >= 15 is 0 Å².